The van der Waals surface area contributed by atoms with Crippen LogP contribution in [0.25, 0.3) is 0 Å². The highest BCUT2D eigenvalue weighted by atomic mass is 16.3. The molecule has 4 rings (SSSR count). The number of aliphatic hydroxyl groups is 1. The molecule has 4 aliphatic carbocycles. The zero-order valence-corrected chi connectivity index (χ0v) is 19.7. The minimum atomic E-state index is -0.0748. The van der Waals surface area contributed by atoms with E-state index in [1.807, 2.05) is 0 Å². The quantitative estimate of drug-likeness (QED) is 0.493. The van der Waals surface area contributed by atoms with Crippen LogP contribution in [0, 0.1) is 46.3 Å². The molecule has 0 saturated heterocycles. The van der Waals surface area contributed by atoms with E-state index in [0.717, 1.165) is 30.6 Å². The summed E-state index contributed by atoms with van der Waals surface area (Å²) in [5, 5.41) is 10.2. The van der Waals surface area contributed by atoms with Crippen molar-refractivity contribution in [2.45, 2.75) is 92.6 Å². The molecule has 29 heavy (non-hydrogen) atoms. The lowest BCUT2D eigenvalue weighted by Gasteiger charge is -2.53. The predicted molar refractivity (Wildman–Crippen MR) is 123 cm³/mol. The maximum absolute atomic E-state index is 10.2. The smallest absolute Gasteiger partial charge is 0.0543 e. The van der Waals surface area contributed by atoms with Gasteiger partial charge in [-0.05, 0) is 102 Å². The van der Waals surface area contributed by atoms with Gasteiger partial charge in [-0.2, -0.15) is 0 Å². The molecule has 2 fully saturated rings. The summed E-state index contributed by atoms with van der Waals surface area (Å²) >= 11 is 0. The zero-order chi connectivity index (χ0) is 21.0. The summed E-state index contributed by atoms with van der Waals surface area (Å²) < 4.78 is 0. The number of hydrogen-bond donors (Lipinski definition) is 1. The van der Waals surface area contributed by atoms with E-state index in [2.05, 4.69) is 65.8 Å². The van der Waals surface area contributed by atoms with Crippen molar-refractivity contribution in [2.75, 3.05) is 0 Å². The van der Waals surface area contributed by atoms with Gasteiger partial charge in [0.15, 0.2) is 0 Å². The average Bonchev–Trinajstić information content (AvgIpc) is 3.03. The fourth-order valence-electron chi connectivity index (χ4n) is 7.44. The standard InChI is InChI=1S/C28H44O/c1-18(2)19(3)7-8-20(4)24-11-12-25-23-10-9-21-17-22(29)13-15-27(21,5)26(23)14-16-28(24,25)6/h7-8,10,14,18-22,24-25,29H,9,11-13,15-17H2,1-6H3/b8-7+/t19-,20+,21?,22-,24?,25?,27-,28+/m0/s1. The lowest BCUT2D eigenvalue weighted by molar-refractivity contribution is 0.0316. The SMILES string of the molecule is CC(C)[C@@H](C)/C=C/[C@@H](C)C1CCC2C3=CCC4C[C@@H](O)CC[C@]4(C)C3=CC[C@@]21C. The molecule has 1 nitrogen and oxygen atoms in total. The Morgan fingerprint density at radius 3 is 2.52 bits per heavy atom. The summed E-state index contributed by atoms with van der Waals surface area (Å²) in [4.78, 5) is 0. The van der Waals surface area contributed by atoms with Gasteiger partial charge in [-0.3, -0.25) is 0 Å². The van der Waals surface area contributed by atoms with Gasteiger partial charge < -0.3 is 5.11 Å². The highest BCUT2D eigenvalue weighted by Gasteiger charge is 2.55. The van der Waals surface area contributed by atoms with Gasteiger partial charge in [-0.25, -0.2) is 0 Å². The van der Waals surface area contributed by atoms with Gasteiger partial charge >= 0.3 is 0 Å². The monoisotopic (exact) mass is 396 g/mol. The Morgan fingerprint density at radius 2 is 1.79 bits per heavy atom. The minimum absolute atomic E-state index is 0.0748. The number of hydrogen-bond acceptors (Lipinski definition) is 1. The molecule has 8 atom stereocenters. The number of aliphatic hydroxyl groups excluding tert-OH is 1. The molecular weight excluding hydrogens is 352 g/mol. The Labute approximate surface area is 179 Å². The van der Waals surface area contributed by atoms with Crippen LogP contribution in [-0.2, 0) is 0 Å². The molecule has 3 unspecified atom stereocenters. The van der Waals surface area contributed by atoms with Gasteiger partial charge in [0.25, 0.3) is 0 Å². The first-order chi connectivity index (χ1) is 13.7. The van der Waals surface area contributed by atoms with Crippen LogP contribution in [0.15, 0.2) is 35.5 Å². The van der Waals surface area contributed by atoms with E-state index in [4.69, 9.17) is 0 Å². The summed E-state index contributed by atoms with van der Waals surface area (Å²) in [5.41, 5.74) is 4.11. The molecule has 4 aliphatic rings. The van der Waals surface area contributed by atoms with E-state index in [1.54, 1.807) is 11.1 Å². The first-order valence-electron chi connectivity index (χ1n) is 12.4. The largest absolute Gasteiger partial charge is 0.393 e. The van der Waals surface area contributed by atoms with Crippen LogP contribution in [0.4, 0.5) is 0 Å². The van der Waals surface area contributed by atoms with Crippen LogP contribution in [0.2, 0.25) is 0 Å². The minimum Gasteiger partial charge on any atom is -0.393 e. The second kappa shape index (κ2) is 7.70. The Bertz CT molecular complexity index is 712. The third-order valence-corrected chi connectivity index (χ3v) is 9.94. The summed E-state index contributed by atoms with van der Waals surface area (Å²) in [6.45, 7) is 14.6. The second-order valence-corrected chi connectivity index (χ2v) is 11.8. The predicted octanol–water partition coefficient (Wildman–Crippen LogP) is 7.33. The topological polar surface area (TPSA) is 20.2 Å². The van der Waals surface area contributed by atoms with Gasteiger partial charge in [-0.15, -0.1) is 0 Å². The van der Waals surface area contributed by atoms with E-state index < -0.39 is 0 Å². The van der Waals surface area contributed by atoms with E-state index in [9.17, 15) is 5.11 Å². The molecule has 0 aromatic carbocycles. The van der Waals surface area contributed by atoms with Crippen LogP contribution in [0.5, 0.6) is 0 Å². The van der Waals surface area contributed by atoms with Crippen molar-refractivity contribution >= 4 is 0 Å². The zero-order valence-electron chi connectivity index (χ0n) is 19.7. The van der Waals surface area contributed by atoms with E-state index in [0.29, 0.717) is 28.6 Å². The van der Waals surface area contributed by atoms with Crippen LogP contribution >= 0.6 is 0 Å². The molecule has 0 spiro atoms. The van der Waals surface area contributed by atoms with Gasteiger partial charge in [0.2, 0.25) is 0 Å². The van der Waals surface area contributed by atoms with Crippen LogP contribution < -0.4 is 0 Å². The summed E-state index contributed by atoms with van der Waals surface area (Å²) in [7, 11) is 0. The summed E-state index contributed by atoms with van der Waals surface area (Å²) in [6.07, 6.45) is 18.5. The van der Waals surface area contributed by atoms with Crippen LogP contribution in [0.1, 0.15) is 86.5 Å². The van der Waals surface area contributed by atoms with Crippen molar-refractivity contribution in [3.8, 4) is 0 Å². The average molecular weight is 397 g/mol. The van der Waals surface area contributed by atoms with Crippen molar-refractivity contribution in [3.63, 3.8) is 0 Å². The second-order valence-electron chi connectivity index (χ2n) is 11.8. The molecule has 162 valence electrons. The molecule has 0 bridgehead atoms. The molecule has 0 amide bonds. The Hall–Kier alpha value is -0.820. The van der Waals surface area contributed by atoms with Crippen molar-refractivity contribution in [2.24, 2.45) is 46.3 Å². The fourth-order valence-corrected chi connectivity index (χ4v) is 7.44. The fraction of sp³-hybridized carbons (Fsp3) is 0.786. The Balaban J connectivity index is 1.58. The number of rotatable bonds is 4. The van der Waals surface area contributed by atoms with E-state index in [1.165, 1.54) is 32.1 Å². The molecule has 0 aliphatic heterocycles. The molecule has 0 radical (unpaired) electrons. The lowest BCUT2D eigenvalue weighted by atomic mass is 9.51. The first kappa shape index (κ1) is 21.4. The summed E-state index contributed by atoms with van der Waals surface area (Å²) in [5.74, 6) is 4.23. The van der Waals surface area contributed by atoms with Crippen molar-refractivity contribution in [1.82, 2.24) is 0 Å². The molecule has 2 saturated carbocycles. The Morgan fingerprint density at radius 1 is 1.03 bits per heavy atom. The van der Waals surface area contributed by atoms with E-state index >= 15 is 0 Å². The maximum atomic E-state index is 10.2. The van der Waals surface area contributed by atoms with Crippen LogP contribution in [0.3, 0.4) is 0 Å². The van der Waals surface area contributed by atoms with E-state index in [-0.39, 0.29) is 6.10 Å². The van der Waals surface area contributed by atoms with Gasteiger partial charge in [0.1, 0.15) is 0 Å². The maximum Gasteiger partial charge on any atom is 0.0543 e. The van der Waals surface area contributed by atoms with Crippen molar-refractivity contribution < 1.29 is 5.11 Å². The molecule has 1 N–H and O–H groups in total. The lowest BCUT2D eigenvalue weighted by Crippen LogP contribution is -2.44. The third kappa shape index (κ3) is 3.50. The van der Waals surface area contributed by atoms with Gasteiger partial charge in [-0.1, -0.05) is 65.8 Å². The highest BCUT2D eigenvalue weighted by molar-refractivity contribution is 5.46. The molecule has 0 aromatic rings. The normalized spacial score (nSPS) is 44.0. The van der Waals surface area contributed by atoms with Crippen molar-refractivity contribution in [3.05, 3.63) is 35.5 Å². The molecule has 1 heteroatoms. The highest BCUT2D eigenvalue weighted by Crippen LogP contribution is 2.64. The first-order valence-corrected chi connectivity index (χ1v) is 12.4. The van der Waals surface area contributed by atoms with Gasteiger partial charge in [0.05, 0.1) is 6.10 Å². The number of allylic oxidation sites excluding steroid dienone is 6. The third-order valence-electron chi connectivity index (χ3n) is 9.94. The molecule has 0 aromatic heterocycles. The summed E-state index contributed by atoms with van der Waals surface area (Å²) in [6, 6.07) is 0. The van der Waals surface area contributed by atoms with Crippen molar-refractivity contribution in [1.29, 1.82) is 0 Å². The molecular formula is C28H44O. The molecule has 0 heterocycles. The van der Waals surface area contributed by atoms with Gasteiger partial charge in [0, 0.05) is 0 Å². The van der Waals surface area contributed by atoms with Crippen LogP contribution in [-0.4, -0.2) is 11.2 Å². The number of fused-ring (bicyclic) bond motifs is 5. The Kier molecular flexibility index (Phi) is 5.69.